The molecule has 2 saturated heterocycles. The lowest BCUT2D eigenvalue weighted by atomic mass is 9.86. The summed E-state index contributed by atoms with van der Waals surface area (Å²) < 4.78 is 5.94. The van der Waals surface area contributed by atoms with Gasteiger partial charge in [0.15, 0.2) is 6.61 Å². The van der Waals surface area contributed by atoms with Crippen molar-refractivity contribution in [3.63, 3.8) is 0 Å². The van der Waals surface area contributed by atoms with Gasteiger partial charge in [0.1, 0.15) is 16.8 Å². The molecule has 0 saturated carbocycles. The molecule has 2 amide bonds. The SMILES string of the molecule is CC(C)(C)c1ccccc1OCC(=O)N1CC2CN(C(=O)c3ccc4n[nH]nc4c3)CC2C1. The number of amides is 2. The normalized spacial score (nSPS) is 20.3. The molecule has 0 aliphatic carbocycles. The monoisotopic (exact) mass is 447 g/mol. The standard InChI is InChI=1S/C25H29N5O3/c1-25(2,3)19-6-4-5-7-22(19)33-15-23(31)29-11-17-13-30(14-18(17)12-29)24(32)16-8-9-20-21(10-16)27-28-26-20/h4-10,17-18H,11-15H2,1-3H3,(H,26,27,28). The minimum Gasteiger partial charge on any atom is -0.483 e. The Morgan fingerprint density at radius 2 is 1.64 bits per heavy atom. The molecule has 0 radical (unpaired) electrons. The van der Waals surface area contributed by atoms with Crippen molar-refractivity contribution in [2.24, 2.45) is 11.8 Å². The maximum absolute atomic E-state index is 13.0. The van der Waals surface area contributed by atoms with E-state index in [0.717, 1.165) is 16.8 Å². The van der Waals surface area contributed by atoms with E-state index in [-0.39, 0.29) is 23.8 Å². The molecule has 1 aromatic heterocycles. The molecule has 0 spiro atoms. The van der Waals surface area contributed by atoms with E-state index in [1.54, 1.807) is 18.2 Å². The van der Waals surface area contributed by atoms with Gasteiger partial charge >= 0.3 is 0 Å². The van der Waals surface area contributed by atoms with Gasteiger partial charge in [-0.3, -0.25) is 9.59 Å². The number of carbonyl (C=O) groups is 2. The summed E-state index contributed by atoms with van der Waals surface area (Å²) in [6.45, 7) is 9.10. The fraction of sp³-hybridized carbons (Fsp3) is 0.440. The van der Waals surface area contributed by atoms with Gasteiger partial charge in [0, 0.05) is 43.6 Å². The number of hydrogen-bond acceptors (Lipinski definition) is 5. The highest BCUT2D eigenvalue weighted by Crippen LogP contribution is 2.33. The molecule has 3 aromatic rings. The zero-order valence-electron chi connectivity index (χ0n) is 19.2. The number of rotatable bonds is 4. The van der Waals surface area contributed by atoms with Gasteiger partial charge in [-0.1, -0.05) is 39.0 Å². The highest BCUT2D eigenvalue weighted by atomic mass is 16.5. The van der Waals surface area contributed by atoms with Crippen LogP contribution in [0.2, 0.25) is 0 Å². The Kier molecular flexibility index (Phi) is 5.31. The number of H-pyrrole nitrogens is 1. The number of nitrogens with one attached hydrogen (secondary N) is 1. The first-order valence-corrected chi connectivity index (χ1v) is 11.4. The highest BCUT2D eigenvalue weighted by molar-refractivity contribution is 5.97. The van der Waals surface area contributed by atoms with E-state index in [2.05, 4.69) is 36.2 Å². The Labute approximate surface area is 192 Å². The molecule has 2 fully saturated rings. The van der Waals surface area contributed by atoms with E-state index in [9.17, 15) is 9.59 Å². The quantitative estimate of drug-likeness (QED) is 0.664. The topological polar surface area (TPSA) is 91.4 Å². The van der Waals surface area contributed by atoms with Crippen LogP contribution in [-0.4, -0.2) is 69.8 Å². The number of aromatic nitrogens is 3. The van der Waals surface area contributed by atoms with Gasteiger partial charge in [-0.15, -0.1) is 0 Å². The van der Waals surface area contributed by atoms with Gasteiger partial charge in [0.05, 0.1) is 0 Å². The van der Waals surface area contributed by atoms with Crippen LogP contribution in [0.1, 0.15) is 36.7 Å². The van der Waals surface area contributed by atoms with Crippen LogP contribution in [0.25, 0.3) is 11.0 Å². The summed E-state index contributed by atoms with van der Waals surface area (Å²) in [5, 5.41) is 10.7. The second kappa shape index (κ2) is 8.17. The third-order valence-corrected chi connectivity index (χ3v) is 6.74. The summed E-state index contributed by atoms with van der Waals surface area (Å²) in [5.74, 6) is 1.38. The Morgan fingerprint density at radius 1 is 0.970 bits per heavy atom. The maximum atomic E-state index is 13.0. The zero-order chi connectivity index (χ0) is 23.2. The lowest BCUT2D eigenvalue weighted by Gasteiger charge is -2.24. The van der Waals surface area contributed by atoms with Gasteiger partial charge in [0.25, 0.3) is 11.8 Å². The van der Waals surface area contributed by atoms with Gasteiger partial charge in [-0.25, -0.2) is 0 Å². The van der Waals surface area contributed by atoms with Crippen LogP contribution in [0.3, 0.4) is 0 Å². The second-order valence-electron chi connectivity index (χ2n) is 10.1. The average Bonchev–Trinajstić information content (AvgIpc) is 3.50. The molecule has 5 rings (SSSR count). The predicted octanol–water partition coefficient (Wildman–Crippen LogP) is 2.86. The van der Waals surface area contributed by atoms with E-state index < -0.39 is 0 Å². The zero-order valence-corrected chi connectivity index (χ0v) is 19.2. The fourth-order valence-electron chi connectivity index (χ4n) is 4.96. The number of hydrogen-bond donors (Lipinski definition) is 1. The number of nitrogens with zero attached hydrogens (tertiary/aromatic N) is 4. The van der Waals surface area contributed by atoms with E-state index in [4.69, 9.17) is 4.74 Å². The molecule has 33 heavy (non-hydrogen) atoms. The molecule has 0 bridgehead atoms. The van der Waals surface area contributed by atoms with Crippen LogP contribution in [0.5, 0.6) is 5.75 Å². The highest BCUT2D eigenvalue weighted by Gasteiger charge is 2.43. The number of fused-ring (bicyclic) bond motifs is 2. The molecular weight excluding hydrogens is 418 g/mol. The van der Waals surface area contributed by atoms with Crippen LogP contribution < -0.4 is 4.74 Å². The van der Waals surface area contributed by atoms with Gasteiger partial charge in [-0.2, -0.15) is 15.4 Å². The van der Waals surface area contributed by atoms with Gasteiger partial charge < -0.3 is 14.5 Å². The van der Waals surface area contributed by atoms with E-state index in [1.165, 1.54) is 0 Å². The fourth-order valence-corrected chi connectivity index (χ4v) is 4.96. The van der Waals surface area contributed by atoms with Crippen molar-refractivity contribution < 1.29 is 14.3 Å². The summed E-state index contributed by atoms with van der Waals surface area (Å²) in [6, 6.07) is 13.3. The van der Waals surface area contributed by atoms with Crippen LogP contribution in [0.4, 0.5) is 0 Å². The van der Waals surface area contributed by atoms with Crippen molar-refractivity contribution in [2.75, 3.05) is 32.8 Å². The number of carbonyl (C=O) groups excluding carboxylic acids is 2. The minimum atomic E-state index is -0.0570. The Balaban J connectivity index is 1.17. The molecule has 172 valence electrons. The Hall–Kier alpha value is -3.42. The van der Waals surface area contributed by atoms with Crippen molar-refractivity contribution in [3.05, 3.63) is 53.6 Å². The molecule has 1 N–H and O–H groups in total. The smallest absolute Gasteiger partial charge is 0.260 e. The molecular formula is C25H29N5O3. The van der Waals surface area contributed by atoms with Crippen LogP contribution in [0, 0.1) is 11.8 Å². The van der Waals surface area contributed by atoms with Crippen molar-refractivity contribution in [1.29, 1.82) is 0 Å². The lowest BCUT2D eigenvalue weighted by Crippen LogP contribution is -2.37. The second-order valence-corrected chi connectivity index (χ2v) is 10.1. The molecule has 2 aromatic carbocycles. The van der Waals surface area contributed by atoms with E-state index in [0.29, 0.717) is 49.1 Å². The van der Waals surface area contributed by atoms with Crippen molar-refractivity contribution in [1.82, 2.24) is 25.2 Å². The number of para-hydroxylation sites is 1. The number of ether oxygens (including phenoxy) is 1. The summed E-state index contributed by atoms with van der Waals surface area (Å²) in [7, 11) is 0. The van der Waals surface area contributed by atoms with Crippen LogP contribution in [-0.2, 0) is 10.2 Å². The largest absolute Gasteiger partial charge is 0.483 e. The van der Waals surface area contributed by atoms with Gasteiger partial charge in [-0.05, 0) is 35.2 Å². The third kappa shape index (κ3) is 4.17. The maximum Gasteiger partial charge on any atom is 0.260 e. The van der Waals surface area contributed by atoms with Crippen LogP contribution in [0.15, 0.2) is 42.5 Å². The molecule has 2 unspecified atom stereocenters. The van der Waals surface area contributed by atoms with Crippen molar-refractivity contribution in [3.8, 4) is 5.75 Å². The molecule has 3 heterocycles. The number of aromatic amines is 1. The Bertz CT molecular complexity index is 1180. The molecule has 2 aliphatic heterocycles. The minimum absolute atomic E-state index is 0.00229. The van der Waals surface area contributed by atoms with E-state index >= 15 is 0 Å². The van der Waals surface area contributed by atoms with Crippen LogP contribution >= 0.6 is 0 Å². The van der Waals surface area contributed by atoms with Crippen molar-refractivity contribution >= 4 is 22.8 Å². The predicted molar refractivity (Wildman–Crippen MR) is 124 cm³/mol. The average molecular weight is 448 g/mol. The summed E-state index contributed by atoms with van der Waals surface area (Å²) in [6.07, 6.45) is 0. The summed E-state index contributed by atoms with van der Waals surface area (Å²) >= 11 is 0. The van der Waals surface area contributed by atoms with Crippen molar-refractivity contribution in [2.45, 2.75) is 26.2 Å². The first-order valence-electron chi connectivity index (χ1n) is 11.4. The Morgan fingerprint density at radius 3 is 2.36 bits per heavy atom. The molecule has 2 atom stereocenters. The third-order valence-electron chi connectivity index (χ3n) is 6.74. The summed E-state index contributed by atoms with van der Waals surface area (Å²) in [5.41, 5.74) is 3.08. The number of benzene rings is 2. The lowest BCUT2D eigenvalue weighted by molar-refractivity contribution is -0.132. The first-order chi connectivity index (χ1) is 15.8. The molecule has 8 nitrogen and oxygen atoms in total. The van der Waals surface area contributed by atoms with Gasteiger partial charge in [0.2, 0.25) is 0 Å². The van der Waals surface area contributed by atoms with E-state index in [1.807, 2.05) is 34.1 Å². The first kappa shape index (κ1) is 21.4. The molecule has 2 aliphatic rings. The summed E-state index contributed by atoms with van der Waals surface area (Å²) in [4.78, 5) is 29.6. The molecule has 8 heteroatoms. The number of likely N-dealkylation sites (tertiary alicyclic amines) is 2.